The molecule has 0 amide bonds. The Morgan fingerprint density at radius 3 is 2.39 bits per heavy atom. The van der Waals surface area contributed by atoms with Gasteiger partial charge in [0.05, 0.1) is 6.61 Å². The Morgan fingerprint density at radius 2 is 1.89 bits per heavy atom. The summed E-state index contributed by atoms with van der Waals surface area (Å²) in [6, 6.07) is 4.64. The Balaban J connectivity index is 2.00. The quantitative estimate of drug-likeness (QED) is 0.836. The SMILES string of the molecule is Cc1cc(CC(C)N)cc(C)c1OCCC1CC1. The predicted molar refractivity (Wildman–Crippen MR) is 76.1 cm³/mol. The molecule has 1 aromatic carbocycles. The van der Waals surface area contributed by atoms with Crippen LogP contribution in [-0.2, 0) is 6.42 Å². The molecule has 1 atom stereocenters. The summed E-state index contributed by atoms with van der Waals surface area (Å²) in [4.78, 5) is 0. The van der Waals surface area contributed by atoms with Crippen molar-refractivity contribution in [3.8, 4) is 5.75 Å². The van der Waals surface area contributed by atoms with Crippen molar-refractivity contribution < 1.29 is 4.74 Å². The van der Waals surface area contributed by atoms with E-state index >= 15 is 0 Å². The van der Waals surface area contributed by atoms with Gasteiger partial charge in [-0.1, -0.05) is 25.0 Å². The van der Waals surface area contributed by atoms with E-state index in [0.29, 0.717) is 0 Å². The molecule has 2 rings (SSSR count). The van der Waals surface area contributed by atoms with Gasteiger partial charge < -0.3 is 10.5 Å². The molecule has 18 heavy (non-hydrogen) atoms. The molecule has 0 spiro atoms. The standard InChI is InChI=1S/C16H25NO/c1-11-8-15(10-13(3)17)9-12(2)16(11)18-7-6-14-4-5-14/h8-9,13-14H,4-7,10,17H2,1-3H3. The van der Waals surface area contributed by atoms with E-state index in [0.717, 1.165) is 24.7 Å². The van der Waals surface area contributed by atoms with E-state index in [2.05, 4.69) is 26.0 Å². The van der Waals surface area contributed by atoms with E-state index < -0.39 is 0 Å². The molecule has 2 heteroatoms. The Kier molecular flexibility index (Phi) is 4.28. The van der Waals surface area contributed by atoms with Crippen molar-refractivity contribution in [2.45, 2.75) is 52.5 Å². The first-order chi connectivity index (χ1) is 8.56. The van der Waals surface area contributed by atoms with Gasteiger partial charge in [0.1, 0.15) is 5.75 Å². The van der Waals surface area contributed by atoms with Gasteiger partial charge in [0, 0.05) is 6.04 Å². The number of hydrogen-bond donors (Lipinski definition) is 1. The van der Waals surface area contributed by atoms with Crippen LogP contribution in [0, 0.1) is 19.8 Å². The topological polar surface area (TPSA) is 35.2 Å². The summed E-state index contributed by atoms with van der Waals surface area (Å²) in [5.74, 6) is 2.01. The third-order valence-electron chi connectivity index (χ3n) is 3.55. The monoisotopic (exact) mass is 247 g/mol. The largest absolute Gasteiger partial charge is 0.493 e. The minimum absolute atomic E-state index is 0.213. The molecular formula is C16H25NO. The highest BCUT2D eigenvalue weighted by atomic mass is 16.5. The summed E-state index contributed by atoms with van der Waals surface area (Å²) in [5.41, 5.74) is 9.64. The fraction of sp³-hybridized carbons (Fsp3) is 0.625. The average Bonchev–Trinajstić information content (AvgIpc) is 3.05. The number of nitrogens with two attached hydrogens (primary N) is 1. The highest BCUT2D eigenvalue weighted by Gasteiger charge is 2.21. The molecule has 0 radical (unpaired) electrons. The average molecular weight is 247 g/mol. The van der Waals surface area contributed by atoms with E-state index in [4.69, 9.17) is 10.5 Å². The van der Waals surface area contributed by atoms with Gasteiger partial charge in [-0.15, -0.1) is 0 Å². The Labute approximate surface area is 111 Å². The molecule has 1 aliphatic rings. The maximum Gasteiger partial charge on any atom is 0.125 e. The number of aryl methyl sites for hydroxylation is 2. The number of rotatable bonds is 6. The fourth-order valence-corrected chi connectivity index (χ4v) is 2.49. The summed E-state index contributed by atoms with van der Waals surface area (Å²) < 4.78 is 5.95. The smallest absolute Gasteiger partial charge is 0.125 e. The maximum atomic E-state index is 5.95. The molecule has 100 valence electrons. The summed E-state index contributed by atoms with van der Waals surface area (Å²) in [7, 11) is 0. The molecule has 0 heterocycles. The second-order valence-corrected chi connectivity index (χ2v) is 5.82. The van der Waals surface area contributed by atoms with Crippen LogP contribution in [0.4, 0.5) is 0 Å². The summed E-state index contributed by atoms with van der Waals surface area (Å²) >= 11 is 0. The molecule has 1 aliphatic carbocycles. The van der Waals surface area contributed by atoms with Gasteiger partial charge in [-0.25, -0.2) is 0 Å². The van der Waals surface area contributed by atoms with Gasteiger partial charge in [0.25, 0.3) is 0 Å². The number of hydrogen-bond acceptors (Lipinski definition) is 2. The second-order valence-electron chi connectivity index (χ2n) is 5.82. The molecule has 0 saturated heterocycles. The molecule has 1 unspecified atom stereocenters. The van der Waals surface area contributed by atoms with E-state index in [-0.39, 0.29) is 6.04 Å². The van der Waals surface area contributed by atoms with E-state index in [1.54, 1.807) is 0 Å². The molecule has 0 bridgehead atoms. The van der Waals surface area contributed by atoms with Gasteiger partial charge in [0.15, 0.2) is 0 Å². The lowest BCUT2D eigenvalue weighted by Crippen LogP contribution is -2.18. The van der Waals surface area contributed by atoms with Crippen LogP contribution in [0.3, 0.4) is 0 Å². The molecular weight excluding hydrogens is 222 g/mol. The molecule has 1 saturated carbocycles. The van der Waals surface area contributed by atoms with Crippen LogP contribution in [0.25, 0.3) is 0 Å². The van der Waals surface area contributed by atoms with Crippen LogP contribution >= 0.6 is 0 Å². The van der Waals surface area contributed by atoms with Crippen LogP contribution in [0.1, 0.15) is 42.9 Å². The minimum Gasteiger partial charge on any atom is -0.493 e. The third-order valence-corrected chi connectivity index (χ3v) is 3.55. The number of benzene rings is 1. The van der Waals surface area contributed by atoms with Gasteiger partial charge >= 0.3 is 0 Å². The first kappa shape index (κ1) is 13.4. The second kappa shape index (κ2) is 5.75. The Hall–Kier alpha value is -1.02. The van der Waals surface area contributed by atoms with Crippen molar-refractivity contribution in [2.75, 3.05) is 6.61 Å². The lowest BCUT2D eigenvalue weighted by molar-refractivity contribution is 0.298. The van der Waals surface area contributed by atoms with E-state index in [9.17, 15) is 0 Å². The van der Waals surface area contributed by atoms with Crippen molar-refractivity contribution >= 4 is 0 Å². The Morgan fingerprint density at radius 1 is 1.28 bits per heavy atom. The first-order valence-electron chi connectivity index (χ1n) is 7.04. The highest BCUT2D eigenvalue weighted by molar-refractivity contribution is 5.43. The summed E-state index contributed by atoms with van der Waals surface area (Å²) in [6.45, 7) is 7.16. The summed E-state index contributed by atoms with van der Waals surface area (Å²) in [6.07, 6.45) is 4.94. The third kappa shape index (κ3) is 3.74. The van der Waals surface area contributed by atoms with Crippen molar-refractivity contribution in [1.29, 1.82) is 0 Å². The molecule has 1 fully saturated rings. The molecule has 2 nitrogen and oxygen atoms in total. The normalized spacial score (nSPS) is 16.7. The molecule has 0 aromatic heterocycles. The van der Waals surface area contributed by atoms with Crippen LogP contribution in [-0.4, -0.2) is 12.6 Å². The number of ether oxygens (including phenoxy) is 1. The molecule has 2 N–H and O–H groups in total. The van der Waals surface area contributed by atoms with Crippen LogP contribution in [0.15, 0.2) is 12.1 Å². The molecule has 0 aliphatic heterocycles. The van der Waals surface area contributed by atoms with Crippen molar-refractivity contribution in [1.82, 2.24) is 0 Å². The fourth-order valence-electron chi connectivity index (χ4n) is 2.49. The van der Waals surface area contributed by atoms with Gasteiger partial charge in [0.2, 0.25) is 0 Å². The van der Waals surface area contributed by atoms with E-state index in [1.807, 2.05) is 6.92 Å². The van der Waals surface area contributed by atoms with Crippen LogP contribution < -0.4 is 10.5 Å². The van der Waals surface area contributed by atoms with Crippen LogP contribution in [0.2, 0.25) is 0 Å². The van der Waals surface area contributed by atoms with Gasteiger partial charge in [-0.05, 0) is 56.2 Å². The zero-order valence-electron chi connectivity index (χ0n) is 11.8. The first-order valence-corrected chi connectivity index (χ1v) is 7.04. The lowest BCUT2D eigenvalue weighted by Gasteiger charge is -2.15. The van der Waals surface area contributed by atoms with Crippen molar-refractivity contribution in [2.24, 2.45) is 11.7 Å². The van der Waals surface area contributed by atoms with Gasteiger partial charge in [-0.3, -0.25) is 0 Å². The van der Waals surface area contributed by atoms with Crippen molar-refractivity contribution in [3.63, 3.8) is 0 Å². The van der Waals surface area contributed by atoms with Crippen molar-refractivity contribution in [3.05, 3.63) is 28.8 Å². The van der Waals surface area contributed by atoms with Crippen LogP contribution in [0.5, 0.6) is 5.75 Å². The Bertz CT molecular complexity index is 385. The highest BCUT2D eigenvalue weighted by Crippen LogP contribution is 2.33. The minimum atomic E-state index is 0.213. The summed E-state index contributed by atoms with van der Waals surface area (Å²) in [5, 5.41) is 0. The molecule has 1 aromatic rings. The lowest BCUT2D eigenvalue weighted by atomic mass is 10.0. The van der Waals surface area contributed by atoms with Gasteiger partial charge in [-0.2, -0.15) is 0 Å². The zero-order chi connectivity index (χ0) is 13.1. The predicted octanol–water partition coefficient (Wildman–Crippen LogP) is 3.37. The maximum absolute atomic E-state index is 5.95. The zero-order valence-corrected chi connectivity index (χ0v) is 11.8. The van der Waals surface area contributed by atoms with E-state index in [1.165, 1.54) is 36.0 Å².